The topological polar surface area (TPSA) is 21.3 Å². The minimum absolute atomic E-state index is 0.249. The first-order chi connectivity index (χ1) is 10.0. The Balaban J connectivity index is 2.30. The monoisotopic (exact) mass is 351 g/mol. The van der Waals surface area contributed by atoms with Crippen molar-refractivity contribution in [2.75, 3.05) is 7.05 Å². The Morgan fingerprint density at radius 2 is 1.86 bits per heavy atom. The number of nitrogens with one attached hydrogen (secondary N) is 1. The van der Waals surface area contributed by atoms with E-state index in [1.165, 1.54) is 6.07 Å². The molecule has 0 spiro atoms. The van der Waals surface area contributed by atoms with Crippen LogP contribution < -0.4 is 10.1 Å². The zero-order chi connectivity index (χ0) is 15.4. The Morgan fingerprint density at radius 1 is 1.14 bits per heavy atom. The molecule has 0 aliphatic heterocycles. The third kappa shape index (κ3) is 4.05. The fourth-order valence-electron chi connectivity index (χ4n) is 2.12. The van der Waals surface area contributed by atoms with E-state index in [-0.39, 0.29) is 11.6 Å². The van der Waals surface area contributed by atoms with Crippen LogP contribution in [0.1, 0.15) is 30.9 Å². The Labute approximate surface area is 133 Å². The highest BCUT2D eigenvalue weighted by molar-refractivity contribution is 9.10. The first-order valence-corrected chi connectivity index (χ1v) is 7.71. The van der Waals surface area contributed by atoms with Crippen LogP contribution in [0.2, 0.25) is 0 Å². The van der Waals surface area contributed by atoms with Gasteiger partial charge >= 0.3 is 0 Å². The molecule has 0 saturated carbocycles. The van der Waals surface area contributed by atoms with Crippen LogP contribution in [0.3, 0.4) is 0 Å². The van der Waals surface area contributed by atoms with E-state index in [4.69, 9.17) is 4.74 Å². The molecule has 2 aromatic carbocycles. The van der Waals surface area contributed by atoms with Gasteiger partial charge in [0.05, 0.1) is 0 Å². The maximum atomic E-state index is 14.1. The molecule has 0 atom stereocenters. The van der Waals surface area contributed by atoms with Crippen LogP contribution in [0.15, 0.2) is 40.9 Å². The minimum Gasteiger partial charge on any atom is -0.454 e. The predicted octanol–water partition coefficient (Wildman–Crippen LogP) is 5.22. The molecular formula is C17H19BrFNO. The Bertz CT molecular complexity index is 628. The van der Waals surface area contributed by atoms with Gasteiger partial charge in [-0.1, -0.05) is 35.8 Å². The molecule has 4 heteroatoms. The summed E-state index contributed by atoms with van der Waals surface area (Å²) >= 11 is 3.45. The number of ether oxygens (including phenoxy) is 1. The average Bonchev–Trinajstić information content (AvgIpc) is 2.43. The van der Waals surface area contributed by atoms with Crippen molar-refractivity contribution in [2.24, 2.45) is 0 Å². The van der Waals surface area contributed by atoms with Crippen molar-refractivity contribution in [1.29, 1.82) is 0 Å². The summed E-state index contributed by atoms with van der Waals surface area (Å²) in [6.45, 7) is 4.80. The minimum atomic E-state index is -0.347. The summed E-state index contributed by atoms with van der Waals surface area (Å²) in [5.74, 6) is 0.886. The van der Waals surface area contributed by atoms with E-state index in [1.54, 1.807) is 6.07 Å². The van der Waals surface area contributed by atoms with Gasteiger partial charge in [-0.15, -0.1) is 0 Å². The van der Waals surface area contributed by atoms with Crippen molar-refractivity contribution in [1.82, 2.24) is 5.32 Å². The lowest BCUT2D eigenvalue weighted by molar-refractivity contribution is 0.435. The van der Waals surface area contributed by atoms with E-state index in [1.807, 2.05) is 31.3 Å². The van der Waals surface area contributed by atoms with Gasteiger partial charge in [0.25, 0.3) is 0 Å². The van der Waals surface area contributed by atoms with Gasteiger partial charge in [0.15, 0.2) is 11.6 Å². The van der Waals surface area contributed by atoms with Crippen molar-refractivity contribution in [2.45, 2.75) is 26.3 Å². The molecular weight excluding hydrogens is 333 g/mol. The van der Waals surface area contributed by atoms with Gasteiger partial charge in [-0.25, -0.2) is 4.39 Å². The fraction of sp³-hybridized carbons (Fsp3) is 0.294. The smallest absolute Gasteiger partial charge is 0.166 e. The molecule has 2 nitrogen and oxygen atoms in total. The van der Waals surface area contributed by atoms with Gasteiger partial charge in [0.1, 0.15) is 5.75 Å². The highest BCUT2D eigenvalue weighted by atomic mass is 79.9. The SMILES string of the molecule is CNCc1ccc(Oc2ccc(Br)cc2C(C)C)c(F)c1. The molecule has 0 amide bonds. The predicted molar refractivity (Wildman–Crippen MR) is 87.5 cm³/mol. The van der Waals surface area contributed by atoms with Gasteiger partial charge in [0.2, 0.25) is 0 Å². The van der Waals surface area contributed by atoms with E-state index in [0.29, 0.717) is 18.2 Å². The molecule has 2 rings (SSSR count). The second kappa shape index (κ2) is 7.05. The lowest BCUT2D eigenvalue weighted by Gasteiger charge is -2.15. The highest BCUT2D eigenvalue weighted by Crippen LogP contribution is 2.34. The van der Waals surface area contributed by atoms with E-state index in [9.17, 15) is 4.39 Å². The van der Waals surface area contributed by atoms with Crippen molar-refractivity contribution in [3.05, 3.63) is 57.8 Å². The highest BCUT2D eigenvalue weighted by Gasteiger charge is 2.12. The van der Waals surface area contributed by atoms with E-state index < -0.39 is 0 Å². The van der Waals surface area contributed by atoms with E-state index >= 15 is 0 Å². The average molecular weight is 352 g/mol. The molecule has 0 bridgehead atoms. The van der Waals surface area contributed by atoms with Crippen molar-refractivity contribution in [3.63, 3.8) is 0 Å². The van der Waals surface area contributed by atoms with E-state index in [2.05, 4.69) is 35.1 Å². The third-order valence-electron chi connectivity index (χ3n) is 3.19. The standard InChI is InChI=1S/C17H19BrFNO/c1-11(2)14-9-13(18)5-7-16(14)21-17-6-4-12(10-20-3)8-15(17)19/h4-9,11,20H,10H2,1-3H3. The van der Waals surface area contributed by atoms with Gasteiger partial charge in [-0.3, -0.25) is 0 Å². The van der Waals surface area contributed by atoms with Crippen LogP contribution in [0.5, 0.6) is 11.5 Å². The zero-order valence-electron chi connectivity index (χ0n) is 12.4. The van der Waals surface area contributed by atoms with Crippen LogP contribution >= 0.6 is 15.9 Å². The fourth-order valence-corrected chi connectivity index (χ4v) is 2.50. The van der Waals surface area contributed by atoms with Crippen LogP contribution in [0, 0.1) is 5.82 Å². The summed E-state index contributed by atoms with van der Waals surface area (Å²) in [4.78, 5) is 0. The van der Waals surface area contributed by atoms with Gasteiger partial charge < -0.3 is 10.1 Å². The number of halogens is 2. The largest absolute Gasteiger partial charge is 0.454 e. The third-order valence-corrected chi connectivity index (χ3v) is 3.68. The maximum Gasteiger partial charge on any atom is 0.166 e. The molecule has 0 aliphatic carbocycles. The van der Waals surface area contributed by atoms with Crippen LogP contribution in [0.4, 0.5) is 4.39 Å². The normalized spacial score (nSPS) is 11.0. The van der Waals surface area contributed by atoms with Crippen molar-refractivity contribution >= 4 is 15.9 Å². The summed E-state index contributed by atoms with van der Waals surface area (Å²) in [6, 6.07) is 10.8. The van der Waals surface area contributed by atoms with Crippen LogP contribution in [-0.4, -0.2) is 7.05 Å². The number of benzene rings is 2. The quantitative estimate of drug-likeness (QED) is 0.796. The molecule has 21 heavy (non-hydrogen) atoms. The summed E-state index contributed by atoms with van der Waals surface area (Å²) in [5.41, 5.74) is 1.94. The lowest BCUT2D eigenvalue weighted by atomic mass is 10.0. The van der Waals surface area contributed by atoms with Gasteiger partial charge in [-0.05, 0) is 54.4 Å². The molecule has 0 aliphatic rings. The molecule has 0 aromatic heterocycles. The molecule has 0 radical (unpaired) electrons. The van der Waals surface area contributed by atoms with Crippen LogP contribution in [0.25, 0.3) is 0 Å². The maximum absolute atomic E-state index is 14.1. The summed E-state index contributed by atoms with van der Waals surface area (Å²) in [5, 5.41) is 3.00. The Hall–Kier alpha value is -1.39. The van der Waals surface area contributed by atoms with Crippen LogP contribution in [-0.2, 0) is 6.54 Å². The number of hydrogen-bond acceptors (Lipinski definition) is 2. The summed E-state index contributed by atoms with van der Waals surface area (Å²) in [7, 11) is 1.83. The molecule has 2 aromatic rings. The summed E-state index contributed by atoms with van der Waals surface area (Å²) < 4.78 is 20.9. The molecule has 112 valence electrons. The molecule has 1 N–H and O–H groups in total. The molecule has 0 unspecified atom stereocenters. The first-order valence-electron chi connectivity index (χ1n) is 6.91. The number of rotatable bonds is 5. The second-order valence-corrected chi connectivity index (χ2v) is 6.15. The van der Waals surface area contributed by atoms with Gasteiger partial charge in [0, 0.05) is 11.0 Å². The van der Waals surface area contributed by atoms with E-state index in [0.717, 1.165) is 15.6 Å². The van der Waals surface area contributed by atoms with Crippen molar-refractivity contribution < 1.29 is 9.13 Å². The second-order valence-electron chi connectivity index (χ2n) is 5.23. The number of hydrogen-bond donors (Lipinski definition) is 1. The Morgan fingerprint density at radius 3 is 2.48 bits per heavy atom. The zero-order valence-corrected chi connectivity index (χ0v) is 14.0. The van der Waals surface area contributed by atoms with Crippen molar-refractivity contribution in [3.8, 4) is 11.5 Å². The molecule has 0 saturated heterocycles. The first kappa shape index (κ1) is 16.0. The Kier molecular flexibility index (Phi) is 5.37. The lowest BCUT2D eigenvalue weighted by Crippen LogP contribution is -2.05. The molecule has 0 heterocycles. The van der Waals surface area contributed by atoms with Gasteiger partial charge in [-0.2, -0.15) is 0 Å². The molecule has 0 fully saturated rings. The summed E-state index contributed by atoms with van der Waals surface area (Å²) in [6.07, 6.45) is 0.